The fourth-order valence-corrected chi connectivity index (χ4v) is 3.35. The molecule has 0 aromatic carbocycles. The monoisotopic (exact) mass is 443 g/mol. The lowest BCUT2D eigenvalue weighted by Gasteiger charge is -2.33. The number of β-lactam (4-membered cyclic amide) rings is 1. The van der Waals surface area contributed by atoms with Gasteiger partial charge in [0.15, 0.2) is 5.75 Å². The Balaban J connectivity index is 1.84. The van der Waals surface area contributed by atoms with Gasteiger partial charge in [0.2, 0.25) is 17.2 Å². The Labute approximate surface area is 165 Å². The number of hydrogen-bond donors (Lipinski definition) is 6. The summed E-state index contributed by atoms with van der Waals surface area (Å²) in [6.07, 6.45) is 1.32. The van der Waals surface area contributed by atoms with Gasteiger partial charge in [0.1, 0.15) is 11.7 Å². The highest BCUT2D eigenvalue weighted by Crippen LogP contribution is 2.11. The van der Waals surface area contributed by atoms with Gasteiger partial charge in [-0.05, 0) is 0 Å². The average molecular weight is 443 g/mol. The van der Waals surface area contributed by atoms with E-state index in [-0.39, 0.29) is 15.2 Å². The third-order valence-corrected chi connectivity index (χ3v) is 5.11. The standard InChI is InChI=1S/C13H13N7O9S/c14-5-3-18(11(5)25)12(26)17-30(28,29)20-9(23)4-19(13(20)27)16-10(24)6-1-7(21)8(22)2-15-6/h1-2,4-5,22-23H,3,14H2,(H,15,21)(H,16,24)(H,17,26). The van der Waals surface area contributed by atoms with E-state index in [0.717, 1.165) is 6.20 Å². The van der Waals surface area contributed by atoms with Crippen LogP contribution >= 0.6 is 0 Å². The lowest BCUT2D eigenvalue weighted by molar-refractivity contribution is -0.137. The highest BCUT2D eigenvalue weighted by Gasteiger charge is 2.40. The number of imide groups is 1. The van der Waals surface area contributed by atoms with Gasteiger partial charge in [-0.1, -0.05) is 0 Å². The Morgan fingerprint density at radius 1 is 1.23 bits per heavy atom. The SMILES string of the molecule is NC1CN(C(=O)NS(=O)(=O)n2c(O)cn(NC(=O)c3cc(=O)c(O)c[nH]3)c2=O)C1=O. The third kappa shape index (κ3) is 3.49. The zero-order valence-corrected chi connectivity index (χ0v) is 15.4. The smallest absolute Gasteiger partial charge is 0.365 e. The number of carbonyl (C=O) groups is 3. The number of aromatic nitrogens is 3. The number of imidazole rings is 1. The third-order valence-electron chi connectivity index (χ3n) is 3.86. The second-order valence-corrected chi connectivity index (χ2v) is 7.43. The Hall–Kier alpha value is -4.12. The number of aromatic amines is 1. The molecule has 4 amide bonds. The molecule has 160 valence electrons. The van der Waals surface area contributed by atoms with Crippen molar-refractivity contribution < 1.29 is 33.0 Å². The molecular formula is C13H13N7O9S. The number of rotatable bonds is 4. The molecule has 3 heterocycles. The van der Waals surface area contributed by atoms with Crippen LogP contribution in [0.4, 0.5) is 4.79 Å². The fraction of sp³-hybridized carbons (Fsp3) is 0.154. The summed E-state index contributed by atoms with van der Waals surface area (Å²) < 4.78 is 25.9. The molecule has 3 rings (SSSR count). The zero-order chi connectivity index (χ0) is 22.4. The maximum absolute atomic E-state index is 12.3. The van der Waals surface area contributed by atoms with Gasteiger partial charge in [-0.2, -0.15) is 8.42 Å². The molecule has 2 aromatic rings. The number of likely N-dealkylation sites (tertiary alicyclic amines) is 1. The van der Waals surface area contributed by atoms with Crippen LogP contribution in [0.2, 0.25) is 0 Å². The number of carbonyl (C=O) groups excluding carboxylic acids is 3. The van der Waals surface area contributed by atoms with Crippen molar-refractivity contribution in [1.29, 1.82) is 0 Å². The molecule has 1 aliphatic heterocycles. The molecule has 30 heavy (non-hydrogen) atoms. The van der Waals surface area contributed by atoms with Gasteiger partial charge in [-0.25, -0.2) is 19.0 Å². The van der Waals surface area contributed by atoms with Crippen molar-refractivity contribution in [3.05, 3.63) is 44.9 Å². The number of aromatic hydroxyl groups is 2. The van der Waals surface area contributed by atoms with E-state index in [9.17, 15) is 37.5 Å². The van der Waals surface area contributed by atoms with Crippen molar-refractivity contribution >= 4 is 28.1 Å². The molecule has 2 aromatic heterocycles. The van der Waals surface area contributed by atoms with Gasteiger partial charge in [0.25, 0.3) is 5.91 Å². The number of nitrogens with two attached hydrogens (primary N) is 1. The maximum Gasteiger partial charge on any atom is 0.365 e. The van der Waals surface area contributed by atoms with Crippen LogP contribution in [-0.4, -0.2) is 67.6 Å². The van der Waals surface area contributed by atoms with Gasteiger partial charge in [0, 0.05) is 12.3 Å². The second kappa shape index (κ2) is 7.04. The first kappa shape index (κ1) is 20.6. The van der Waals surface area contributed by atoms with E-state index in [1.54, 1.807) is 0 Å². The molecule has 17 heteroatoms. The highest BCUT2D eigenvalue weighted by molar-refractivity contribution is 7.88. The van der Waals surface area contributed by atoms with E-state index in [0.29, 0.717) is 17.2 Å². The molecule has 16 nitrogen and oxygen atoms in total. The summed E-state index contributed by atoms with van der Waals surface area (Å²) in [5.74, 6) is -3.80. The predicted octanol–water partition coefficient (Wildman–Crippen LogP) is -3.89. The Morgan fingerprint density at radius 2 is 1.90 bits per heavy atom. The molecule has 0 aliphatic carbocycles. The van der Waals surface area contributed by atoms with E-state index < -0.39 is 62.5 Å². The molecule has 1 aliphatic rings. The largest absolute Gasteiger partial charge is 0.503 e. The minimum atomic E-state index is -5.02. The minimum absolute atomic E-state index is 0.247. The Morgan fingerprint density at radius 3 is 2.47 bits per heavy atom. The molecule has 1 atom stereocenters. The van der Waals surface area contributed by atoms with Crippen LogP contribution in [0, 0.1) is 0 Å². The van der Waals surface area contributed by atoms with E-state index in [2.05, 4.69) is 4.98 Å². The zero-order valence-electron chi connectivity index (χ0n) is 14.6. The van der Waals surface area contributed by atoms with Crippen LogP contribution in [0.5, 0.6) is 11.6 Å². The van der Waals surface area contributed by atoms with E-state index in [1.165, 1.54) is 4.72 Å². The van der Waals surface area contributed by atoms with Crippen LogP contribution < -0.4 is 27.0 Å². The van der Waals surface area contributed by atoms with Crippen molar-refractivity contribution in [2.75, 3.05) is 12.0 Å². The highest BCUT2D eigenvalue weighted by atomic mass is 32.2. The number of pyridine rings is 1. The van der Waals surface area contributed by atoms with Crippen molar-refractivity contribution in [3.8, 4) is 11.6 Å². The molecule has 1 fully saturated rings. The minimum Gasteiger partial charge on any atom is -0.503 e. The number of hydrogen-bond acceptors (Lipinski definition) is 10. The first-order chi connectivity index (χ1) is 13.9. The molecular weight excluding hydrogens is 430 g/mol. The molecule has 1 unspecified atom stereocenters. The molecule has 0 radical (unpaired) electrons. The van der Waals surface area contributed by atoms with Gasteiger partial charge in [0.05, 0.1) is 12.7 Å². The van der Waals surface area contributed by atoms with Crippen LogP contribution in [0.25, 0.3) is 0 Å². The summed E-state index contributed by atoms with van der Waals surface area (Å²) in [6.45, 7) is -0.247. The van der Waals surface area contributed by atoms with Crippen molar-refractivity contribution in [2.24, 2.45) is 5.73 Å². The summed E-state index contributed by atoms with van der Waals surface area (Å²) in [6, 6.07) is -1.65. The normalized spacial score (nSPS) is 16.1. The number of H-pyrrole nitrogens is 1. The van der Waals surface area contributed by atoms with Crippen LogP contribution in [0.1, 0.15) is 10.5 Å². The summed E-state index contributed by atoms with van der Waals surface area (Å²) in [5, 5.41) is 19.0. The lowest BCUT2D eigenvalue weighted by Crippen LogP contribution is -2.65. The fourth-order valence-electron chi connectivity index (χ4n) is 2.34. The van der Waals surface area contributed by atoms with Crippen LogP contribution in [0.15, 0.2) is 28.0 Å². The molecule has 0 bridgehead atoms. The first-order valence-electron chi connectivity index (χ1n) is 7.83. The number of urea groups is 1. The average Bonchev–Trinajstić information content (AvgIpc) is 2.94. The van der Waals surface area contributed by atoms with Gasteiger partial charge in [-0.3, -0.25) is 24.7 Å². The summed E-state index contributed by atoms with van der Waals surface area (Å²) in [5.41, 5.74) is 4.36. The van der Waals surface area contributed by atoms with Gasteiger partial charge >= 0.3 is 21.9 Å². The van der Waals surface area contributed by atoms with Gasteiger partial charge in [-0.15, -0.1) is 3.97 Å². The Bertz CT molecular complexity index is 1290. The predicted molar refractivity (Wildman–Crippen MR) is 95.3 cm³/mol. The van der Waals surface area contributed by atoms with Crippen LogP contribution in [0.3, 0.4) is 0 Å². The quantitative estimate of drug-likeness (QED) is 0.251. The van der Waals surface area contributed by atoms with Crippen molar-refractivity contribution in [1.82, 2.24) is 23.3 Å². The molecule has 0 saturated carbocycles. The lowest BCUT2D eigenvalue weighted by atomic mass is 10.1. The van der Waals surface area contributed by atoms with Crippen molar-refractivity contribution in [3.63, 3.8) is 0 Å². The number of nitrogens with one attached hydrogen (secondary N) is 3. The molecule has 7 N–H and O–H groups in total. The van der Waals surface area contributed by atoms with Gasteiger partial charge < -0.3 is 20.9 Å². The van der Waals surface area contributed by atoms with Crippen molar-refractivity contribution in [2.45, 2.75) is 6.04 Å². The Kier molecular flexibility index (Phi) is 4.84. The molecule has 0 spiro atoms. The molecule has 1 saturated heterocycles. The van der Waals surface area contributed by atoms with E-state index in [4.69, 9.17) is 10.8 Å². The first-order valence-corrected chi connectivity index (χ1v) is 9.27. The summed E-state index contributed by atoms with van der Waals surface area (Å²) >= 11 is 0. The van der Waals surface area contributed by atoms with Crippen LogP contribution in [-0.2, 0) is 15.0 Å². The summed E-state index contributed by atoms with van der Waals surface area (Å²) in [7, 11) is -5.02. The maximum atomic E-state index is 12.3. The second-order valence-electron chi connectivity index (χ2n) is 5.91. The number of nitrogens with zero attached hydrogens (tertiary/aromatic N) is 3. The van der Waals surface area contributed by atoms with E-state index in [1.807, 2.05) is 5.43 Å². The summed E-state index contributed by atoms with van der Waals surface area (Å²) in [4.78, 5) is 61.7. The topological polar surface area (TPSA) is 239 Å². The number of amides is 4. The van der Waals surface area contributed by atoms with E-state index >= 15 is 0 Å².